The van der Waals surface area contributed by atoms with Gasteiger partial charge in [-0.2, -0.15) is 0 Å². The monoisotopic (exact) mass is 394 g/mol. The number of rotatable bonds is 2. The van der Waals surface area contributed by atoms with Crippen molar-refractivity contribution in [2.24, 2.45) is 7.05 Å². The van der Waals surface area contributed by atoms with E-state index in [0.29, 0.717) is 6.54 Å². The number of fused-ring (bicyclic) bond motifs is 1. The summed E-state index contributed by atoms with van der Waals surface area (Å²) in [7, 11) is 2.08. The van der Waals surface area contributed by atoms with E-state index >= 15 is 0 Å². The molecule has 25 heavy (non-hydrogen) atoms. The van der Waals surface area contributed by atoms with E-state index in [4.69, 9.17) is 0 Å². The number of carbonyl (C=O) groups is 1. The Bertz CT molecular complexity index is 969. The maximum Gasteiger partial charge on any atom is 0.254 e. The summed E-state index contributed by atoms with van der Waals surface area (Å²) in [6, 6.07) is 16.0. The molecule has 0 spiro atoms. The Balaban J connectivity index is 1.57. The molecule has 0 unspecified atom stereocenters. The molecule has 126 valence electrons. The molecule has 1 amide bonds. The van der Waals surface area contributed by atoms with Crippen molar-refractivity contribution in [3.63, 3.8) is 0 Å². The summed E-state index contributed by atoms with van der Waals surface area (Å²) in [5, 5.41) is 1.28. The highest BCUT2D eigenvalue weighted by molar-refractivity contribution is 9.10. The Kier molecular flexibility index (Phi) is 4.22. The van der Waals surface area contributed by atoms with Crippen molar-refractivity contribution in [1.82, 2.24) is 9.47 Å². The van der Waals surface area contributed by atoms with E-state index in [1.165, 1.54) is 22.0 Å². The van der Waals surface area contributed by atoms with E-state index in [9.17, 15) is 4.79 Å². The lowest BCUT2D eigenvalue weighted by Gasteiger charge is -2.26. The zero-order valence-electron chi connectivity index (χ0n) is 14.1. The molecule has 0 fully saturated rings. The number of hydrogen-bond donors (Lipinski definition) is 0. The molecular formula is C21H19BrN2O. The van der Waals surface area contributed by atoms with Gasteiger partial charge in [0.15, 0.2) is 0 Å². The van der Waals surface area contributed by atoms with Crippen molar-refractivity contribution in [1.29, 1.82) is 0 Å². The number of aryl methyl sites for hydroxylation is 1. The van der Waals surface area contributed by atoms with Crippen LogP contribution in [-0.2, 0) is 7.05 Å². The molecule has 0 atom stereocenters. The van der Waals surface area contributed by atoms with Crippen LogP contribution in [0.1, 0.15) is 22.3 Å². The lowest BCUT2D eigenvalue weighted by Crippen LogP contribution is -2.34. The van der Waals surface area contributed by atoms with Gasteiger partial charge in [-0.15, -0.1) is 0 Å². The first-order valence-corrected chi connectivity index (χ1v) is 9.21. The van der Waals surface area contributed by atoms with Gasteiger partial charge in [0, 0.05) is 52.8 Å². The van der Waals surface area contributed by atoms with Gasteiger partial charge < -0.3 is 9.47 Å². The second kappa shape index (κ2) is 6.52. The molecule has 0 N–H and O–H groups in total. The second-order valence-corrected chi connectivity index (χ2v) is 7.32. The van der Waals surface area contributed by atoms with Crippen LogP contribution < -0.4 is 0 Å². The lowest BCUT2D eigenvalue weighted by atomic mass is 9.98. The normalized spacial score (nSPS) is 14.6. The van der Waals surface area contributed by atoms with Gasteiger partial charge in [0.25, 0.3) is 5.91 Å². The zero-order valence-corrected chi connectivity index (χ0v) is 15.7. The van der Waals surface area contributed by atoms with E-state index in [1.54, 1.807) is 0 Å². The standard InChI is InChI=1S/C21H19BrN2O/c1-23-14-19(18-4-2-3-5-20(18)23)15-10-12-24(13-11-15)21(25)16-6-8-17(22)9-7-16/h2-10,14H,11-13H2,1H3. The molecule has 2 heterocycles. The predicted octanol–water partition coefficient (Wildman–Crippen LogP) is 4.87. The molecular weight excluding hydrogens is 376 g/mol. The molecule has 4 heteroatoms. The molecule has 0 bridgehead atoms. The predicted molar refractivity (Wildman–Crippen MR) is 106 cm³/mol. The van der Waals surface area contributed by atoms with E-state index in [0.717, 1.165) is 23.0 Å². The van der Waals surface area contributed by atoms with E-state index in [1.807, 2.05) is 29.2 Å². The van der Waals surface area contributed by atoms with Crippen molar-refractivity contribution in [2.75, 3.05) is 13.1 Å². The van der Waals surface area contributed by atoms with Crippen molar-refractivity contribution < 1.29 is 4.79 Å². The van der Waals surface area contributed by atoms with Crippen molar-refractivity contribution in [3.8, 4) is 0 Å². The van der Waals surface area contributed by atoms with Crippen LogP contribution in [0.3, 0.4) is 0 Å². The topological polar surface area (TPSA) is 25.2 Å². The summed E-state index contributed by atoms with van der Waals surface area (Å²) in [5.74, 6) is 0.0979. The first-order chi connectivity index (χ1) is 12.1. The molecule has 1 aliphatic rings. The van der Waals surface area contributed by atoms with E-state index in [-0.39, 0.29) is 5.91 Å². The highest BCUT2D eigenvalue weighted by Gasteiger charge is 2.20. The van der Waals surface area contributed by atoms with Gasteiger partial charge in [-0.3, -0.25) is 4.79 Å². The number of carbonyl (C=O) groups excluding carboxylic acids is 1. The van der Waals surface area contributed by atoms with Crippen molar-refractivity contribution >= 4 is 38.3 Å². The molecule has 3 aromatic rings. The average molecular weight is 395 g/mol. The molecule has 1 aliphatic heterocycles. The van der Waals surface area contributed by atoms with Crippen LogP contribution in [0.25, 0.3) is 16.5 Å². The third kappa shape index (κ3) is 3.02. The minimum absolute atomic E-state index is 0.0979. The van der Waals surface area contributed by atoms with Crippen LogP contribution in [0, 0.1) is 0 Å². The quantitative estimate of drug-likeness (QED) is 0.608. The van der Waals surface area contributed by atoms with Gasteiger partial charge in [-0.05, 0) is 42.3 Å². The number of aromatic nitrogens is 1. The second-order valence-electron chi connectivity index (χ2n) is 6.41. The summed E-state index contributed by atoms with van der Waals surface area (Å²) in [4.78, 5) is 14.6. The third-order valence-corrected chi connectivity index (χ3v) is 5.36. The van der Waals surface area contributed by atoms with E-state index in [2.05, 4.69) is 64.1 Å². The minimum Gasteiger partial charge on any atom is -0.350 e. The van der Waals surface area contributed by atoms with Crippen molar-refractivity contribution in [2.45, 2.75) is 6.42 Å². The SMILES string of the molecule is Cn1cc(C2=CCN(C(=O)c3ccc(Br)cc3)CC2)c2ccccc21. The molecule has 0 saturated carbocycles. The Hall–Kier alpha value is -2.33. The van der Waals surface area contributed by atoms with Crippen LogP contribution in [0.2, 0.25) is 0 Å². The number of nitrogens with zero attached hydrogens (tertiary/aromatic N) is 2. The Morgan fingerprint density at radius 3 is 2.56 bits per heavy atom. The first kappa shape index (κ1) is 16.2. The number of amides is 1. The van der Waals surface area contributed by atoms with Gasteiger partial charge in [0.2, 0.25) is 0 Å². The molecule has 0 aliphatic carbocycles. The van der Waals surface area contributed by atoms with Crippen LogP contribution in [0.4, 0.5) is 0 Å². The summed E-state index contributed by atoms with van der Waals surface area (Å²) < 4.78 is 3.16. The van der Waals surface area contributed by atoms with E-state index < -0.39 is 0 Å². The highest BCUT2D eigenvalue weighted by Crippen LogP contribution is 2.30. The zero-order chi connectivity index (χ0) is 17.4. The Labute approximate surface area is 155 Å². The Morgan fingerprint density at radius 2 is 1.84 bits per heavy atom. The van der Waals surface area contributed by atoms with Crippen LogP contribution in [0.5, 0.6) is 0 Å². The minimum atomic E-state index is 0.0979. The molecule has 1 aromatic heterocycles. The maximum absolute atomic E-state index is 12.6. The summed E-state index contributed by atoms with van der Waals surface area (Å²) in [6.07, 6.45) is 5.28. The molecule has 4 rings (SSSR count). The fourth-order valence-corrected chi connectivity index (χ4v) is 3.74. The Morgan fingerprint density at radius 1 is 1.08 bits per heavy atom. The molecule has 0 radical (unpaired) electrons. The van der Waals surface area contributed by atoms with Gasteiger partial charge in [0.1, 0.15) is 0 Å². The van der Waals surface area contributed by atoms with Crippen LogP contribution in [-0.4, -0.2) is 28.5 Å². The molecule has 0 saturated heterocycles. The number of benzene rings is 2. The lowest BCUT2D eigenvalue weighted by molar-refractivity contribution is 0.0773. The fourth-order valence-electron chi connectivity index (χ4n) is 3.47. The van der Waals surface area contributed by atoms with Gasteiger partial charge in [-0.25, -0.2) is 0 Å². The fraction of sp³-hybridized carbons (Fsp3) is 0.190. The molecule has 3 nitrogen and oxygen atoms in total. The number of hydrogen-bond acceptors (Lipinski definition) is 1. The summed E-state index contributed by atoms with van der Waals surface area (Å²) in [5.41, 5.74) is 4.60. The largest absolute Gasteiger partial charge is 0.350 e. The highest BCUT2D eigenvalue weighted by atomic mass is 79.9. The average Bonchev–Trinajstić information content (AvgIpc) is 2.99. The third-order valence-electron chi connectivity index (χ3n) is 4.83. The maximum atomic E-state index is 12.6. The summed E-state index contributed by atoms with van der Waals surface area (Å²) >= 11 is 3.41. The van der Waals surface area contributed by atoms with Gasteiger partial charge in [0.05, 0.1) is 0 Å². The van der Waals surface area contributed by atoms with Gasteiger partial charge in [-0.1, -0.05) is 40.2 Å². The van der Waals surface area contributed by atoms with Crippen LogP contribution in [0.15, 0.2) is 65.3 Å². The summed E-state index contributed by atoms with van der Waals surface area (Å²) in [6.45, 7) is 1.41. The number of para-hydroxylation sites is 1. The van der Waals surface area contributed by atoms with Gasteiger partial charge >= 0.3 is 0 Å². The van der Waals surface area contributed by atoms with Crippen molar-refractivity contribution in [3.05, 3.63) is 76.4 Å². The molecule has 2 aromatic carbocycles. The number of halogens is 1. The first-order valence-electron chi connectivity index (χ1n) is 8.42. The smallest absolute Gasteiger partial charge is 0.254 e. The van der Waals surface area contributed by atoms with Crippen LogP contribution >= 0.6 is 15.9 Å².